The van der Waals surface area contributed by atoms with E-state index in [4.69, 9.17) is 16.3 Å². The van der Waals surface area contributed by atoms with Gasteiger partial charge in [-0.05, 0) is 48.2 Å². The molecule has 5 nitrogen and oxygen atoms in total. The van der Waals surface area contributed by atoms with E-state index in [-0.39, 0.29) is 17.1 Å². The molecular weight excluding hydrogens is 467 g/mol. The van der Waals surface area contributed by atoms with Gasteiger partial charge >= 0.3 is 0 Å². The van der Waals surface area contributed by atoms with E-state index in [1.165, 1.54) is 40.1 Å². The first kappa shape index (κ1) is 22.0. The van der Waals surface area contributed by atoms with E-state index in [1.54, 1.807) is 29.2 Å². The highest BCUT2D eigenvalue weighted by Gasteiger charge is 2.43. The largest absolute Gasteiger partial charge is 0.365 e. The Kier molecular flexibility index (Phi) is 5.24. The van der Waals surface area contributed by atoms with Crippen molar-refractivity contribution in [3.63, 3.8) is 0 Å². The Bertz CT molecular complexity index is 1490. The van der Waals surface area contributed by atoms with Crippen LogP contribution in [0.4, 0.5) is 4.39 Å². The van der Waals surface area contributed by atoms with Crippen LogP contribution in [0.2, 0.25) is 5.02 Å². The van der Waals surface area contributed by atoms with E-state index >= 15 is 0 Å². The van der Waals surface area contributed by atoms with Gasteiger partial charge in [-0.25, -0.2) is 4.39 Å². The first-order valence-corrected chi connectivity index (χ1v) is 12.0. The number of ether oxygens (including phenoxy) is 1. The molecule has 6 rings (SSSR count). The van der Waals surface area contributed by atoms with Crippen molar-refractivity contribution in [1.82, 2.24) is 9.47 Å². The second-order valence-corrected chi connectivity index (χ2v) is 9.53. The fraction of sp³-hybridized carbons (Fsp3) is 0.214. The van der Waals surface area contributed by atoms with Crippen LogP contribution in [-0.4, -0.2) is 34.4 Å². The Morgan fingerprint density at radius 2 is 1.66 bits per heavy atom. The lowest BCUT2D eigenvalue weighted by molar-refractivity contribution is -0.0741. The van der Waals surface area contributed by atoms with Crippen molar-refractivity contribution in [3.05, 3.63) is 106 Å². The van der Waals surface area contributed by atoms with E-state index < -0.39 is 11.7 Å². The first-order chi connectivity index (χ1) is 17.0. The van der Waals surface area contributed by atoms with Gasteiger partial charge in [0.1, 0.15) is 5.82 Å². The summed E-state index contributed by atoms with van der Waals surface area (Å²) in [6.45, 7) is 1.67. The predicted molar refractivity (Wildman–Crippen MR) is 131 cm³/mol. The zero-order valence-electron chi connectivity index (χ0n) is 18.8. The molecule has 0 aliphatic carbocycles. The predicted octanol–water partition coefficient (Wildman–Crippen LogP) is 5.78. The van der Waals surface area contributed by atoms with Crippen molar-refractivity contribution in [1.29, 1.82) is 0 Å². The molecule has 0 radical (unpaired) electrons. The Morgan fingerprint density at radius 3 is 2.46 bits per heavy atom. The molecule has 176 valence electrons. The summed E-state index contributed by atoms with van der Waals surface area (Å²) in [5.74, 6) is -1.34. The lowest BCUT2D eigenvalue weighted by Gasteiger charge is -2.39. The number of rotatable bonds is 2. The number of aromatic nitrogens is 1. The van der Waals surface area contributed by atoms with Crippen molar-refractivity contribution in [3.8, 4) is 0 Å². The summed E-state index contributed by atoms with van der Waals surface area (Å²) >= 11 is 6.21. The molecule has 7 heteroatoms. The maximum Gasteiger partial charge on any atom is 0.265 e. The van der Waals surface area contributed by atoms with Crippen LogP contribution in [-0.2, 0) is 16.9 Å². The third-order valence-corrected chi connectivity index (χ3v) is 7.43. The Balaban J connectivity index is 1.32. The van der Waals surface area contributed by atoms with Crippen LogP contribution in [0.1, 0.15) is 44.7 Å². The van der Waals surface area contributed by atoms with Gasteiger partial charge in [-0.2, -0.15) is 0 Å². The van der Waals surface area contributed by atoms with Crippen molar-refractivity contribution < 1.29 is 18.7 Å². The van der Waals surface area contributed by atoms with E-state index in [1.807, 2.05) is 12.1 Å². The zero-order chi connectivity index (χ0) is 24.2. The fourth-order valence-corrected chi connectivity index (χ4v) is 5.51. The molecule has 1 amide bonds. The number of likely N-dealkylation sites (tertiary alicyclic amines) is 1. The van der Waals surface area contributed by atoms with Crippen LogP contribution in [0, 0.1) is 5.82 Å². The van der Waals surface area contributed by atoms with Gasteiger partial charge in [-0.3, -0.25) is 14.2 Å². The molecule has 4 aromatic rings. The Labute approximate surface area is 206 Å². The number of piperidine rings is 1. The van der Waals surface area contributed by atoms with E-state index in [9.17, 15) is 14.0 Å². The smallest absolute Gasteiger partial charge is 0.265 e. The molecule has 3 aromatic carbocycles. The van der Waals surface area contributed by atoms with Crippen LogP contribution < -0.4 is 0 Å². The molecule has 0 unspecified atom stereocenters. The third-order valence-electron chi connectivity index (χ3n) is 7.19. The van der Waals surface area contributed by atoms with Crippen LogP contribution >= 0.6 is 11.6 Å². The van der Waals surface area contributed by atoms with Crippen molar-refractivity contribution in [2.24, 2.45) is 0 Å². The van der Waals surface area contributed by atoms with Gasteiger partial charge in [0.25, 0.3) is 11.8 Å². The summed E-state index contributed by atoms with van der Waals surface area (Å²) in [5.41, 5.74) is 2.86. The van der Waals surface area contributed by atoms with Gasteiger partial charge in [-0.15, -0.1) is 0 Å². The molecular formula is C28H22ClFN2O3. The van der Waals surface area contributed by atoms with E-state index in [0.29, 0.717) is 54.0 Å². The number of carbonyl (C=O) groups is 2. The lowest BCUT2D eigenvalue weighted by atomic mass is 9.83. The topological polar surface area (TPSA) is 51.5 Å². The monoisotopic (exact) mass is 488 g/mol. The first-order valence-electron chi connectivity index (χ1n) is 11.6. The molecule has 0 bridgehead atoms. The fourth-order valence-electron chi connectivity index (χ4n) is 5.34. The molecule has 1 fully saturated rings. The number of halogens is 2. The minimum atomic E-state index is -0.618. The molecule has 2 aliphatic rings. The summed E-state index contributed by atoms with van der Waals surface area (Å²) < 4.78 is 21.9. The van der Waals surface area contributed by atoms with Crippen LogP contribution in [0.5, 0.6) is 0 Å². The zero-order valence-corrected chi connectivity index (χ0v) is 19.6. The maximum absolute atomic E-state index is 14.4. The summed E-state index contributed by atoms with van der Waals surface area (Å²) in [5, 5.41) is 1.03. The van der Waals surface area contributed by atoms with Crippen molar-refractivity contribution in [2.75, 3.05) is 13.1 Å². The molecule has 1 aromatic heterocycles. The summed E-state index contributed by atoms with van der Waals surface area (Å²) in [7, 11) is 0. The molecule has 2 aliphatic heterocycles. The molecule has 35 heavy (non-hydrogen) atoms. The average Bonchev–Trinajstić information content (AvgIpc) is 3.43. The van der Waals surface area contributed by atoms with Gasteiger partial charge in [0.05, 0.1) is 28.9 Å². The number of hydrogen-bond donors (Lipinski definition) is 0. The SMILES string of the molecule is O=C(c1cn(C(=O)c2ccccc2F)c2cc(Cl)ccc12)N1CCC2(CC1)OCc1ccccc12. The second-order valence-electron chi connectivity index (χ2n) is 9.09. The highest BCUT2D eigenvalue weighted by molar-refractivity contribution is 6.31. The number of amides is 1. The normalized spacial score (nSPS) is 16.6. The maximum atomic E-state index is 14.4. The highest BCUT2D eigenvalue weighted by atomic mass is 35.5. The molecule has 0 atom stereocenters. The number of hydrogen-bond acceptors (Lipinski definition) is 3. The minimum absolute atomic E-state index is 0.0691. The standard InChI is InChI=1S/C28H22ClFN2O3/c29-19-9-10-20-22(16-32(25(20)15-19)27(34)21-6-2-4-8-24(21)30)26(33)31-13-11-28(12-14-31)23-7-3-1-5-18(23)17-35-28/h1-10,15-16H,11-14,17H2. The number of fused-ring (bicyclic) bond motifs is 3. The summed E-state index contributed by atoms with van der Waals surface area (Å²) in [6, 6.07) is 19.1. The summed E-state index contributed by atoms with van der Waals surface area (Å²) in [4.78, 5) is 28.7. The van der Waals surface area contributed by atoms with Crippen LogP contribution in [0.3, 0.4) is 0 Å². The quantitative estimate of drug-likeness (QED) is 0.359. The van der Waals surface area contributed by atoms with Crippen molar-refractivity contribution >= 4 is 34.3 Å². The lowest BCUT2D eigenvalue weighted by Crippen LogP contribution is -2.45. The number of benzene rings is 3. The van der Waals surface area contributed by atoms with Crippen molar-refractivity contribution in [2.45, 2.75) is 25.0 Å². The molecule has 3 heterocycles. The van der Waals surface area contributed by atoms with E-state index in [0.717, 1.165) is 0 Å². The number of nitrogens with zero attached hydrogens (tertiary/aromatic N) is 2. The van der Waals surface area contributed by atoms with Crippen LogP contribution in [0.25, 0.3) is 10.9 Å². The second kappa shape index (κ2) is 8.33. The van der Waals surface area contributed by atoms with E-state index in [2.05, 4.69) is 12.1 Å². The average molecular weight is 489 g/mol. The molecule has 1 spiro atoms. The number of carbonyl (C=O) groups excluding carboxylic acids is 2. The molecule has 1 saturated heterocycles. The van der Waals surface area contributed by atoms with Crippen LogP contribution in [0.15, 0.2) is 72.9 Å². The van der Waals surface area contributed by atoms with Gasteiger partial charge in [0, 0.05) is 29.7 Å². The summed E-state index contributed by atoms with van der Waals surface area (Å²) in [6.07, 6.45) is 2.91. The molecule has 0 N–H and O–H groups in total. The molecule has 0 saturated carbocycles. The van der Waals surface area contributed by atoms with Gasteiger partial charge in [0.15, 0.2) is 0 Å². The van der Waals surface area contributed by atoms with Gasteiger partial charge in [-0.1, -0.05) is 54.1 Å². The minimum Gasteiger partial charge on any atom is -0.365 e. The Hall–Kier alpha value is -3.48. The highest BCUT2D eigenvalue weighted by Crippen LogP contribution is 2.44. The van der Waals surface area contributed by atoms with Gasteiger partial charge < -0.3 is 9.64 Å². The third kappa shape index (κ3) is 3.56. The Morgan fingerprint density at radius 1 is 0.914 bits per heavy atom. The van der Waals surface area contributed by atoms with Gasteiger partial charge in [0.2, 0.25) is 0 Å².